The Hall–Kier alpha value is -2.17. The molecule has 1 aliphatic carbocycles. The molecule has 0 bridgehead atoms. The number of esters is 1. The number of allylic oxidation sites excluding steroid dienone is 2. The number of carboxylic acid groups (broad SMARTS) is 1. The van der Waals surface area contributed by atoms with E-state index in [1.807, 2.05) is 13.8 Å². The predicted octanol–water partition coefficient (Wildman–Crippen LogP) is 4.64. The summed E-state index contributed by atoms with van der Waals surface area (Å²) in [5, 5.41) is 40.6. The van der Waals surface area contributed by atoms with Gasteiger partial charge in [-0.25, -0.2) is 0 Å². The first-order chi connectivity index (χ1) is 16.5. The molecule has 9 atom stereocenters. The van der Waals surface area contributed by atoms with E-state index in [1.54, 1.807) is 18.2 Å². The van der Waals surface area contributed by atoms with Crippen molar-refractivity contribution < 1.29 is 29.6 Å². The van der Waals surface area contributed by atoms with Crippen LogP contribution in [0, 0.1) is 46.8 Å². The molecule has 2 rings (SSSR count). The first-order valence-electron chi connectivity index (χ1n) is 13.1. The van der Waals surface area contributed by atoms with Gasteiger partial charge in [0.2, 0.25) is 0 Å². The number of nitrogens with zero attached hydrogens (tertiary/aromatic N) is 1. The average molecular weight is 490 g/mol. The van der Waals surface area contributed by atoms with Crippen molar-refractivity contribution in [1.29, 1.82) is 5.26 Å². The van der Waals surface area contributed by atoms with Crippen molar-refractivity contribution in [2.75, 3.05) is 0 Å². The van der Waals surface area contributed by atoms with Crippen molar-refractivity contribution in [3.63, 3.8) is 0 Å². The summed E-state index contributed by atoms with van der Waals surface area (Å²) in [7, 11) is 0. The lowest BCUT2D eigenvalue weighted by Gasteiger charge is -2.28. The Bertz CT molecular complexity index is 815. The van der Waals surface area contributed by atoms with Gasteiger partial charge in [0.05, 0.1) is 36.2 Å². The number of rotatable bonds is 2. The zero-order valence-corrected chi connectivity index (χ0v) is 21.6. The SMILES string of the molecule is C[C@@H]1C[C@H](C)C[C@H](C)[C@@H](O)CC(=O)OC([C@@H]2CCC[C@H]2C(=O)O)C/C=C/C=C(/C#N)[C@H](O)[C@@H](C)C1. The molecule has 35 heavy (non-hydrogen) atoms. The molecule has 0 saturated heterocycles. The van der Waals surface area contributed by atoms with Crippen LogP contribution in [0.15, 0.2) is 23.8 Å². The number of aliphatic hydroxyl groups excluding tert-OH is 2. The molecule has 1 heterocycles. The van der Waals surface area contributed by atoms with Crippen LogP contribution in [0.5, 0.6) is 0 Å². The molecular formula is C28H43NO6. The minimum atomic E-state index is -0.882. The van der Waals surface area contributed by atoms with E-state index in [0.29, 0.717) is 31.1 Å². The summed E-state index contributed by atoms with van der Waals surface area (Å²) in [5.74, 6) is -1.77. The third-order valence-electron chi connectivity index (χ3n) is 7.80. The number of carboxylic acids is 1. The number of nitriles is 1. The number of ether oxygens (including phenoxy) is 1. The van der Waals surface area contributed by atoms with Gasteiger partial charge in [0.1, 0.15) is 6.10 Å². The van der Waals surface area contributed by atoms with Crippen LogP contribution in [0.2, 0.25) is 0 Å². The first-order valence-corrected chi connectivity index (χ1v) is 13.1. The van der Waals surface area contributed by atoms with Gasteiger partial charge >= 0.3 is 11.9 Å². The predicted molar refractivity (Wildman–Crippen MR) is 133 cm³/mol. The molecule has 0 aromatic heterocycles. The van der Waals surface area contributed by atoms with Crippen molar-refractivity contribution in [2.24, 2.45) is 35.5 Å². The summed E-state index contributed by atoms with van der Waals surface area (Å²) in [6, 6.07) is 2.10. The highest BCUT2D eigenvalue weighted by Gasteiger charge is 2.39. The summed E-state index contributed by atoms with van der Waals surface area (Å²) in [4.78, 5) is 24.5. The van der Waals surface area contributed by atoms with Gasteiger partial charge in [-0.3, -0.25) is 9.59 Å². The number of cyclic esters (lactones) is 1. The fourth-order valence-corrected chi connectivity index (χ4v) is 5.97. The van der Waals surface area contributed by atoms with Gasteiger partial charge in [0.15, 0.2) is 0 Å². The maximum Gasteiger partial charge on any atom is 0.308 e. The summed E-state index contributed by atoms with van der Waals surface area (Å²) >= 11 is 0. The Morgan fingerprint density at radius 2 is 1.71 bits per heavy atom. The summed E-state index contributed by atoms with van der Waals surface area (Å²) < 4.78 is 5.77. The summed E-state index contributed by atoms with van der Waals surface area (Å²) in [6.07, 6.45) is 7.33. The second-order valence-electron chi connectivity index (χ2n) is 11.1. The Morgan fingerprint density at radius 3 is 2.34 bits per heavy atom. The Balaban J connectivity index is 2.30. The van der Waals surface area contributed by atoms with E-state index in [2.05, 4.69) is 19.9 Å². The van der Waals surface area contributed by atoms with Crippen LogP contribution in [0.1, 0.15) is 79.1 Å². The van der Waals surface area contributed by atoms with Crippen molar-refractivity contribution in [1.82, 2.24) is 0 Å². The molecule has 1 saturated carbocycles. The summed E-state index contributed by atoms with van der Waals surface area (Å²) in [6.45, 7) is 8.16. The van der Waals surface area contributed by atoms with E-state index >= 15 is 0 Å². The van der Waals surface area contributed by atoms with E-state index < -0.39 is 36.2 Å². The number of hydrogen-bond donors (Lipinski definition) is 3. The van der Waals surface area contributed by atoms with Crippen LogP contribution in [0.4, 0.5) is 0 Å². The van der Waals surface area contributed by atoms with Gasteiger partial charge in [-0.2, -0.15) is 5.26 Å². The lowest BCUT2D eigenvalue weighted by atomic mass is 9.82. The van der Waals surface area contributed by atoms with E-state index in [4.69, 9.17) is 4.74 Å². The molecule has 7 heteroatoms. The van der Waals surface area contributed by atoms with Crippen LogP contribution in [0.25, 0.3) is 0 Å². The Kier molecular flexibility index (Phi) is 11.5. The monoisotopic (exact) mass is 489 g/mol. The molecule has 7 nitrogen and oxygen atoms in total. The lowest BCUT2D eigenvalue weighted by molar-refractivity contribution is -0.159. The second kappa shape index (κ2) is 13.8. The fraction of sp³-hybridized carbons (Fsp3) is 0.750. The van der Waals surface area contributed by atoms with Crippen molar-refractivity contribution in [2.45, 2.75) is 97.4 Å². The molecule has 1 unspecified atom stereocenters. The normalized spacial score (nSPS) is 40.9. The molecule has 1 aliphatic heterocycles. The quantitative estimate of drug-likeness (QED) is 0.482. The first kappa shape index (κ1) is 29.1. The largest absolute Gasteiger partial charge is 0.481 e. The molecular weight excluding hydrogens is 446 g/mol. The van der Waals surface area contributed by atoms with Crippen LogP contribution in [-0.2, 0) is 14.3 Å². The number of aliphatic hydroxyl groups is 2. The molecule has 0 aromatic carbocycles. The molecule has 0 radical (unpaired) electrons. The van der Waals surface area contributed by atoms with Crippen LogP contribution < -0.4 is 0 Å². The van der Waals surface area contributed by atoms with Gasteiger partial charge in [0.25, 0.3) is 0 Å². The van der Waals surface area contributed by atoms with Gasteiger partial charge in [-0.05, 0) is 61.9 Å². The number of aliphatic carboxylic acids is 1. The minimum absolute atomic E-state index is 0.0816. The Labute approximate surface area is 209 Å². The smallest absolute Gasteiger partial charge is 0.308 e. The zero-order chi connectivity index (χ0) is 26.1. The number of carbonyl (C=O) groups excluding carboxylic acids is 1. The number of hydrogen-bond acceptors (Lipinski definition) is 6. The van der Waals surface area contributed by atoms with Crippen LogP contribution >= 0.6 is 0 Å². The molecule has 2 aliphatic rings. The van der Waals surface area contributed by atoms with Gasteiger partial charge in [0, 0.05) is 12.3 Å². The molecule has 3 N–H and O–H groups in total. The lowest BCUT2D eigenvalue weighted by Crippen LogP contribution is -2.34. The van der Waals surface area contributed by atoms with E-state index in [9.17, 15) is 30.2 Å². The van der Waals surface area contributed by atoms with Crippen molar-refractivity contribution in [3.8, 4) is 6.07 Å². The van der Waals surface area contributed by atoms with Gasteiger partial charge in [-0.1, -0.05) is 46.3 Å². The third kappa shape index (κ3) is 8.77. The fourth-order valence-electron chi connectivity index (χ4n) is 5.97. The second-order valence-corrected chi connectivity index (χ2v) is 11.1. The maximum absolute atomic E-state index is 12.7. The standard InChI is InChI=1S/C28H43NO6/c1-17-12-18(2)14-20(4)27(32)21(16-29)8-5-6-11-25(22-9-7-10-23(22)28(33)34)35-26(31)15-24(30)19(3)13-17/h5-6,8,17-20,22-25,27,30,32H,7,9-15H2,1-4H3,(H,33,34)/b6-5+,21-8-/t17-,18+,19-,20-,22+,23+,24-,25?,27+/m0/s1. The number of carbonyl (C=O) groups is 2. The zero-order valence-electron chi connectivity index (χ0n) is 21.6. The third-order valence-corrected chi connectivity index (χ3v) is 7.80. The van der Waals surface area contributed by atoms with E-state index in [0.717, 1.165) is 25.7 Å². The maximum atomic E-state index is 12.7. The highest BCUT2D eigenvalue weighted by atomic mass is 16.5. The molecule has 0 aromatic rings. The van der Waals surface area contributed by atoms with E-state index in [-0.39, 0.29) is 29.7 Å². The van der Waals surface area contributed by atoms with Crippen LogP contribution in [-0.4, -0.2) is 45.6 Å². The molecule has 0 spiro atoms. The van der Waals surface area contributed by atoms with Crippen molar-refractivity contribution in [3.05, 3.63) is 23.8 Å². The molecule has 1 fully saturated rings. The average Bonchev–Trinajstić information content (AvgIpc) is 3.27. The van der Waals surface area contributed by atoms with Crippen molar-refractivity contribution >= 4 is 11.9 Å². The van der Waals surface area contributed by atoms with E-state index in [1.165, 1.54) is 0 Å². The van der Waals surface area contributed by atoms with Gasteiger partial charge < -0.3 is 20.1 Å². The highest BCUT2D eigenvalue weighted by Crippen LogP contribution is 2.37. The summed E-state index contributed by atoms with van der Waals surface area (Å²) in [5.41, 5.74) is 0.282. The Morgan fingerprint density at radius 1 is 1.06 bits per heavy atom. The molecule has 196 valence electrons. The minimum Gasteiger partial charge on any atom is -0.481 e. The topological polar surface area (TPSA) is 128 Å². The molecule has 0 amide bonds. The van der Waals surface area contributed by atoms with Crippen LogP contribution in [0.3, 0.4) is 0 Å². The van der Waals surface area contributed by atoms with Gasteiger partial charge in [-0.15, -0.1) is 0 Å². The highest BCUT2D eigenvalue weighted by molar-refractivity contribution is 5.72.